The zero-order valence-corrected chi connectivity index (χ0v) is 14.9. The first-order chi connectivity index (χ1) is 12.7. The molecular weight excluding hydrogens is 352 g/mol. The summed E-state index contributed by atoms with van der Waals surface area (Å²) < 4.78 is 1.87. The average Bonchev–Trinajstić information content (AvgIpc) is 3.12. The lowest BCUT2D eigenvalue weighted by Gasteiger charge is -2.32. The highest BCUT2D eigenvalue weighted by molar-refractivity contribution is 6.33. The van der Waals surface area contributed by atoms with Crippen molar-refractivity contribution in [2.24, 2.45) is 5.92 Å². The van der Waals surface area contributed by atoms with Gasteiger partial charge in [0.1, 0.15) is 0 Å². The van der Waals surface area contributed by atoms with Gasteiger partial charge in [-0.05, 0) is 42.7 Å². The predicted molar refractivity (Wildman–Crippen MR) is 99.0 cm³/mol. The summed E-state index contributed by atoms with van der Waals surface area (Å²) in [7, 11) is 0. The molecule has 0 bridgehead atoms. The summed E-state index contributed by atoms with van der Waals surface area (Å²) in [6, 6.07) is 7.46. The molecule has 0 saturated carbocycles. The fraction of sp³-hybridized carbons (Fsp3) is 0.333. The molecule has 1 aliphatic rings. The topological polar surface area (TPSA) is 75.4 Å². The summed E-state index contributed by atoms with van der Waals surface area (Å²) in [5, 5.41) is 12.0. The number of amides is 1. The number of fused-ring (bicyclic) bond motifs is 1. The van der Waals surface area contributed by atoms with E-state index < -0.39 is 0 Å². The Morgan fingerprint density at radius 3 is 2.96 bits per heavy atom. The van der Waals surface area contributed by atoms with Crippen molar-refractivity contribution in [1.29, 1.82) is 0 Å². The molecule has 1 atom stereocenters. The van der Waals surface area contributed by atoms with E-state index in [9.17, 15) is 4.79 Å². The van der Waals surface area contributed by atoms with Crippen molar-refractivity contribution >= 4 is 29.1 Å². The van der Waals surface area contributed by atoms with Crippen LogP contribution in [0.4, 0.5) is 5.95 Å². The van der Waals surface area contributed by atoms with Crippen molar-refractivity contribution in [2.45, 2.75) is 19.4 Å². The largest absolute Gasteiger partial charge is 0.352 e. The zero-order valence-electron chi connectivity index (χ0n) is 14.2. The zero-order chi connectivity index (χ0) is 17.9. The summed E-state index contributed by atoms with van der Waals surface area (Å²) in [6.45, 7) is 1.98. The normalized spacial score (nSPS) is 17.4. The highest BCUT2D eigenvalue weighted by atomic mass is 35.5. The number of pyridine rings is 2. The van der Waals surface area contributed by atoms with E-state index in [1.807, 2.05) is 28.8 Å². The molecular formula is C18H19ClN6O. The van der Waals surface area contributed by atoms with E-state index in [0.717, 1.165) is 30.9 Å². The van der Waals surface area contributed by atoms with Gasteiger partial charge in [-0.3, -0.25) is 14.2 Å². The van der Waals surface area contributed by atoms with Gasteiger partial charge in [-0.1, -0.05) is 11.6 Å². The number of carbonyl (C=O) groups is 1. The van der Waals surface area contributed by atoms with E-state index in [1.54, 1.807) is 18.5 Å². The third kappa shape index (κ3) is 3.35. The van der Waals surface area contributed by atoms with E-state index in [1.165, 1.54) is 0 Å². The van der Waals surface area contributed by atoms with Crippen LogP contribution in [-0.4, -0.2) is 38.6 Å². The maximum Gasteiger partial charge on any atom is 0.231 e. The SMILES string of the molecule is O=C(NCc1ccncc1)C1CCCN(c2nnc3c(Cl)cccn23)C1. The molecule has 3 aromatic heterocycles. The first kappa shape index (κ1) is 16.8. The van der Waals surface area contributed by atoms with Crippen LogP contribution in [-0.2, 0) is 11.3 Å². The predicted octanol–water partition coefficient (Wildman–Crippen LogP) is 2.31. The standard InChI is InChI=1S/C18H19ClN6O/c19-15-4-2-10-25-16(15)22-23-18(25)24-9-1-3-14(12-24)17(26)21-11-13-5-7-20-8-6-13/h2,4-8,10,14H,1,3,9,11-12H2,(H,21,26). The average molecular weight is 371 g/mol. The number of nitrogens with zero attached hydrogens (tertiary/aromatic N) is 5. The van der Waals surface area contributed by atoms with Gasteiger partial charge in [0.15, 0.2) is 5.65 Å². The van der Waals surface area contributed by atoms with Gasteiger partial charge in [0.25, 0.3) is 0 Å². The molecule has 1 fully saturated rings. The lowest BCUT2D eigenvalue weighted by molar-refractivity contribution is -0.125. The van der Waals surface area contributed by atoms with Gasteiger partial charge < -0.3 is 10.2 Å². The molecule has 7 nitrogen and oxygen atoms in total. The van der Waals surface area contributed by atoms with Crippen molar-refractivity contribution in [1.82, 2.24) is 24.9 Å². The van der Waals surface area contributed by atoms with Crippen molar-refractivity contribution in [3.63, 3.8) is 0 Å². The maximum absolute atomic E-state index is 12.6. The molecule has 0 spiro atoms. The van der Waals surface area contributed by atoms with Crippen molar-refractivity contribution in [2.75, 3.05) is 18.0 Å². The Morgan fingerprint density at radius 2 is 2.12 bits per heavy atom. The van der Waals surface area contributed by atoms with Gasteiger partial charge in [-0.15, -0.1) is 10.2 Å². The molecule has 1 N–H and O–H groups in total. The Labute approximate surface area is 156 Å². The van der Waals surface area contributed by atoms with Crippen LogP contribution in [0.15, 0.2) is 42.9 Å². The molecule has 1 aliphatic heterocycles. The number of halogens is 1. The summed E-state index contributed by atoms with van der Waals surface area (Å²) in [6.07, 6.45) is 7.15. The second kappa shape index (κ2) is 7.29. The lowest BCUT2D eigenvalue weighted by atomic mass is 9.97. The molecule has 1 amide bonds. The fourth-order valence-electron chi connectivity index (χ4n) is 3.29. The minimum atomic E-state index is -0.0721. The minimum Gasteiger partial charge on any atom is -0.352 e. The van der Waals surface area contributed by atoms with Crippen LogP contribution in [0.5, 0.6) is 0 Å². The third-order valence-electron chi connectivity index (χ3n) is 4.66. The van der Waals surface area contributed by atoms with E-state index in [4.69, 9.17) is 11.6 Å². The number of rotatable bonds is 4. The minimum absolute atomic E-state index is 0.0679. The molecule has 0 aromatic carbocycles. The van der Waals surface area contributed by atoms with Gasteiger partial charge in [0.2, 0.25) is 11.9 Å². The Bertz CT molecular complexity index is 912. The number of nitrogens with one attached hydrogen (secondary N) is 1. The number of aromatic nitrogens is 4. The van der Waals surface area contributed by atoms with Gasteiger partial charge in [0.05, 0.1) is 10.9 Å². The molecule has 3 aromatic rings. The Hall–Kier alpha value is -2.67. The molecule has 0 radical (unpaired) electrons. The van der Waals surface area contributed by atoms with E-state index in [2.05, 4.69) is 25.4 Å². The highest BCUT2D eigenvalue weighted by Gasteiger charge is 2.28. The maximum atomic E-state index is 12.6. The first-order valence-electron chi connectivity index (χ1n) is 8.63. The van der Waals surface area contributed by atoms with Crippen LogP contribution in [0.1, 0.15) is 18.4 Å². The number of carbonyl (C=O) groups excluding carboxylic acids is 1. The van der Waals surface area contributed by atoms with Crippen LogP contribution in [0.25, 0.3) is 5.65 Å². The quantitative estimate of drug-likeness (QED) is 0.762. The van der Waals surface area contributed by atoms with E-state index in [-0.39, 0.29) is 11.8 Å². The molecule has 1 unspecified atom stereocenters. The molecule has 1 saturated heterocycles. The van der Waals surface area contributed by atoms with Crippen molar-refractivity contribution < 1.29 is 4.79 Å². The summed E-state index contributed by atoms with van der Waals surface area (Å²) in [5.41, 5.74) is 1.67. The van der Waals surface area contributed by atoms with Gasteiger partial charge >= 0.3 is 0 Å². The molecule has 0 aliphatic carbocycles. The van der Waals surface area contributed by atoms with Crippen molar-refractivity contribution in [3.8, 4) is 0 Å². The van der Waals surface area contributed by atoms with Gasteiger partial charge in [-0.2, -0.15) is 0 Å². The van der Waals surface area contributed by atoms with Crippen LogP contribution in [0.2, 0.25) is 5.02 Å². The van der Waals surface area contributed by atoms with E-state index in [0.29, 0.717) is 23.8 Å². The van der Waals surface area contributed by atoms with Crippen molar-refractivity contribution in [3.05, 3.63) is 53.4 Å². The second-order valence-electron chi connectivity index (χ2n) is 6.41. The molecule has 134 valence electrons. The molecule has 8 heteroatoms. The first-order valence-corrected chi connectivity index (χ1v) is 9.01. The summed E-state index contributed by atoms with van der Waals surface area (Å²) >= 11 is 6.18. The number of anilines is 1. The Balaban J connectivity index is 1.45. The molecule has 4 heterocycles. The molecule has 4 rings (SSSR count). The van der Waals surface area contributed by atoms with Gasteiger partial charge in [-0.25, -0.2) is 0 Å². The monoisotopic (exact) mass is 370 g/mol. The number of hydrogen-bond acceptors (Lipinski definition) is 5. The Kier molecular flexibility index (Phi) is 4.71. The number of hydrogen-bond donors (Lipinski definition) is 1. The lowest BCUT2D eigenvalue weighted by Crippen LogP contribution is -2.43. The fourth-order valence-corrected chi connectivity index (χ4v) is 3.50. The second-order valence-corrected chi connectivity index (χ2v) is 6.82. The summed E-state index contributed by atoms with van der Waals surface area (Å²) in [5.74, 6) is 0.727. The Morgan fingerprint density at radius 1 is 1.27 bits per heavy atom. The van der Waals surface area contributed by atoms with E-state index >= 15 is 0 Å². The van der Waals surface area contributed by atoms with Gasteiger partial charge in [0, 0.05) is 38.2 Å². The summed E-state index contributed by atoms with van der Waals surface area (Å²) in [4.78, 5) is 18.7. The smallest absolute Gasteiger partial charge is 0.231 e. The highest BCUT2D eigenvalue weighted by Crippen LogP contribution is 2.24. The molecule has 26 heavy (non-hydrogen) atoms. The number of piperidine rings is 1. The van der Waals surface area contributed by atoms with Crippen LogP contribution >= 0.6 is 11.6 Å². The van der Waals surface area contributed by atoms with Crippen LogP contribution in [0, 0.1) is 5.92 Å². The van der Waals surface area contributed by atoms with Crippen LogP contribution < -0.4 is 10.2 Å². The third-order valence-corrected chi connectivity index (χ3v) is 4.96. The van der Waals surface area contributed by atoms with Crippen LogP contribution in [0.3, 0.4) is 0 Å².